The molecule has 0 aliphatic carbocycles. The molecule has 3 amide bonds. The molecule has 128 valence electrons. The van der Waals surface area contributed by atoms with Crippen molar-refractivity contribution in [3.05, 3.63) is 35.9 Å². The van der Waals surface area contributed by atoms with E-state index in [0.717, 1.165) is 5.56 Å². The summed E-state index contributed by atoms with van der Waals surface area (Å²) in [6.45, 7) is 0.820. The Bertz CT molecular complexity index is 626. The summed E-state index contributed by atoms with van der Waals surface area (Å²) in [5.41, 5.74) is 6.16. The summed E-state index contributed by atoms with van der Waals surface area (Å²) >= 11 is 0. The number of carbonyl (C=O) groups excluding carboxylic acids is 3. The number of piperidine rings is 1. The first-order valence-electron chi connectivity index (χ1n) is 8.10. The molecule has 0 unspecified atom stereocenters. The summed E-state index contributed by atoms with van der Waals surface area (Å²) in [7, 11) is 0. The Morgan fingerprint density at radius 2 is 1.83 bits per heavy atom. The number of nitrogens with one attached hydrogen (secondary N) is 1. The molecule has 0 radical (unpaired) electrons. The third kappa shape index (κ3) is 3.41. The van der Waals surface area contributed by atoms with Gasteiger partial charge < -0.3 is 20.7 Å². The summed E-state index contributed by atoms with van der Waals surface area (Å²) in [5.74, 6) is -0.886. The first kappa shape index (κ1) is 16.4. The van der Waals surface area contributed by atoms with Crippen molar-refractivity contribution in [1.29, 1.82) is 0 Å². The van der Waals surface area contributed by atoms with Gasteiger partial charge in [-0.05, 0) is 18.4 Å². The van der Waals surface area contributed by atoms with E-state index < -0.39 is 12.1 Å². The van der Waals surface area contributed by atoms with Crippen molar-refractivity contribution in [2.45, 2.75) is 25.0 Å². The van der Waals surface area contributed by atoms with E-state index in [1.165, 1.54) is 0 Å². The zero-order chi connectivity index (χ0) is 17.1. The SMILES string of the molecule is NC(=O)C1CCN(C(=O)[C@H]2OCC(=O)N[C@@H]2c2ccccc2)CC1. The van der Waals surface area contributed by atoms with Crippen molar-refractivity contribution < 1.29 is 19.1 Å². The van der Waals surface area contributed by atoms with Crippen LogP contribution in [0.2, 0.25) is 0 Å². The average Bonchev–Trinajstić information content (AvgIpc) is 2.62. The van der Waals surface area contributed by atoms with E-state index >= 15 is 0 Å². The number of amides is 3. The van der Waals surface area contributed by atoms with Crippen LogP contribution in [0, 0.1) is 5.92 Å². The average molecular weight is 331 g/mol. The molecule has 3 N–H and O–H groups in total. The second-order valence-corrected chi connectivity index (χ2v) is 6.19. The van der Waals surface area contributed by atoms with Gasteiger partial charge in [-0.1, -0.05) is 30.3 Å². The number of nitrogens with two attached hydrogens (primary N) is 1. The van der Waals surface area contributed by atoms with Gasteiger partial charge in [0.05, 0.1) is 6.04 Å². The Morgan fingerprint density at radius 1 is 1.17 bits per heavy atom. The monoisotopic (exact) mass is 331 g/mol. The zero-order valence-electron chi connectivity index (χ0n) is 13.3. The number of primary amides is 1. The molecule has 2 heterocycles. The molecule has 2 aliphatic heterocycles. The first-order valence-corrected chi connectivity index (χ1v) is 8.10. The molecule has 0 aromatic heterocycles. The summed E-state index contributed by atoms with van der Waals surface area (Å²) in [6, 6.07) is 8.80. The van der Waals surface area contributed by atoms with Crippen molar-refractivity contribution in [1.82, 2.24) is 10.2 Å². The second-order valence-electron chi connectivity index (χ2n) is 6.19. The molecule has 1 aromatic rings. The Labute approximate surface area is 140 Å². The van der Waals surface area contributed by atoms with E-state index in [-0.39, 0.29) is 30.2 Å². The fraction of sp³-hybridized carbons (Fsp3) is 0.471. The van der Waals surface area contributed by atoms with Gasteiger partial charge >= 0.3 is 0 Å². The molecule has 7 heteroatoms. The summed E-state index contributed by atoms with van der Waals surface area (Å²) in [4.78, 5) is 37.5. The summed E-state index contributed by atoms with van der Waals surface area (Å²) < 4.78 is 5.55. The van der Waals surface area contributed by atoms with Crippen LogP contribution in [0.4, 0.5) is 0 Å². The van der Waals surface area contributed by atoms with Crippen LogP contribution in [0.5, 0.6) is 0 Å². The minimum absolute atomic E-state index is 0.127. The number of nitrogens with zero attached hydrogens (tertiary/aromatic N) is 1. The molecular formula is C17H21N3O4. The summed E-state index contributed by atoms with van der Waals surface area (Å²) in [6.07, 6.45) is 0.377. The molecule has 0 saturated carbocycles. The van der Waals surface area contributed by atoms with E-state index in [1.807, 2.05) is 30.3 Å². The van der Waals surface area contributed by atoms with Crippen molar-refractivity contribution in [3.63, 3.8) is 0 Å². The molecule has 0 bridgehead atoms. The zero-order valence-corrected chi connectivity index (χ0v) is 13.3. The third-order valence-corrected chi connectivity index (χ3v) is 4.62. The van der Waals surface area contributed by atoms with Gasteiger partial charge in [0.1, 0.15) is 6.61 Å². The molecule has 2 aliphatic rings. The number of benzene rings is 1. The van der Waals surface area contributed by atoms with Crippen LogP contribution in [-0.2, 0) is 19.1 Å². The maximum atomic E-state index is 12.9. The number of likely N-dealkylation sites (tertiary alicyclic amines) is 1. The van der Waals surface area contributed by atoms with Gasteiger partial charge in [0.2, 0.25) is 11.8 Å². The van der Waals surface area contributed by atoms with Crippen molar-refractivity contribution in [2.24, 2.45) is 11.7 Å². The predicted molar refractivity (Wildman–Crippen MR) is 85.6 cm³/mol. The Balaban J connectivity index is 1.72. The lowest BCUT2D eigenvalue weighted by atomic mass is 9.94. The van der Waals surface area contributed by atoms with Crippen LogP contribution < -0.4 is 11.1 Å². The standard InChI is InChI=1S/C17H21N3O4/c18-16(22)12-6-8-20(9-7-12)17(23)15-14(19-13(21)10-24-15)11-4-2-1-3-5-11/h1-5,12,14-15H,6-10H2,(H2,18,22)(H,19,21)/t14-,15+/m1/s1. The fourth-order valence-corrected chi connectivity index (χ4v) is 3.25. The Kier molecular flexibility index (Phi) is 4.80. The van der Waals surface area contributed by atoms with Crippen LogP contribution in [0.3, 0.4) is 0 Å². The number of morpholine rings is 1. The van der Waals surface area contributed by atoms with Crippen LogP contribution in [-0.4, -0.2) is 48.4 Å². The van der Waals surface area contributed by atoms with Gasteiger partial charge in [-0.3, -0.25) is 14.4 Å². The van der Waals surface area contributed by atoms with E-state index in [1.54, 1.807) is 4.90 Å². The molecule has 1 aromatic carbocycles. The quantitative estimate of drug-likeness (QED) is 0.812. The van der Waals surface area contributed by atoms with Gasteiger partial charge in [-0.2, -0.15) is 0 Å². The maximum absolute atomic E-state index is 12.9. The lowest BCUT2D eigenvalue weighted by Crippen LogP contribution is -2.54. The fourth-order valence-electron chi connectivity index (χ4n) is 3.25. The second kappa shape index (κ2) is 7.00. The normalized spacial score (nSPS) is 25.2. The van der Waals surface area contributed by atoms with Gasteiger partial charge in [-0.15, -0.1) is 0 Å². The van der Waals surface area contributed by atoms with Gasteiger partial charge in [0.15, 0.2) is 6.10 Å². The van der Waals surface area contributed by atoms with E-state index in [9.17, 15) is 14.4 Å². The first-order chi connectivity index (χ1) is 11.6. The lowest BCUT2D eigenvalue weighted by molar-refractivity contribution is -0.156. The number of rotatable bonds is 3. The minimum Gasteiger partial charge on any atom is -0.369 e. The largest absolute Gasteiger partial charge is 0.369 e. The topological polar surface area (TPSA) is 102 Å². The van der Waals surface area contributed by atoms with Gasteiger partial charge in [0, 0.05) is 19.0 Å². The number of carbonyl (C=O) groups is 3. The molecule has 2 atom stereocenters. The Morgan fingerprint density at radius 3 is 2.46 bits per heavy atom. The lowest BCUT2D eigenvalue weighted by Gasteiger charge is -2.37. The Hall–Kier alpha value is -2.41. The highest BCUT2D eigenvalue weighted by Gasteiger charge is 2.39. The molecule has 3 rings (SSSR count). The van der Waals surface area contributed by atoms with Crippen LogP contribution in [0.1, 0.15) is 24.4 Å². The van der Waals surface area contributed by atoms with Crippen molar-refractivity contribution in [3.8, 4) is 0 Å². The van der Waals surface area contributed by atoms with Crippen LogP contribution in [0.15, 0.2) is 30.3 Å². The van der Waals surface area contributed by atoms with Crippen LogP contribution >= 0.6 is 0 Å². The molecular weight excluding hydrogens is 310 g/mol. The molecule has 2 saturated heterocycles. The number of ether oxygens (including phenoxy) is 1. The number of hydrogen-bond donors (Lipinski definition) is 2. The molecule has 0 spiro atoms. The molecule has 7 nitrogen and oxygen atoms in total. The van der Waals surface area contributed by atoms with Gasteiger partial charge in [0.25, 0.3) is 5.91 Å². The highest BCUT2D eigenvalue weighted by molar-refractivity contribution is 5.86. The van der Waals surface area contributed by atoms with E-state index in [2.05, 4.69) is 5.32 Å². The van der Waals surface area contributed by atoms with E-state index in [4.69, 9.17) is 10.5 Å². The van der Waals surface area contributed by atoms with Crippen molar-refractivity contribution >= 4 is 17.7 Å². The predicted octanol–water partition coefficient (Wildman–Crippen LogP) is -0.0334. The van der Waals surface area contributed by atoms with Crippen molar-refractivity contribution in [2.75, 3.05) is 19.7 Å². The minimum atomic E-state index is -0.754. The summed E-state index contributed by atoms with van der Waals surface area (Å²) in [5, 5.41) is 2.84. The smallest absolute Gasteiger partial charge is 0.254 e. The van der Waals surface area contributed by atoms with Gasteiger partial charge in [-0.25, -0.2) is 0 Å². The third-order valence-electron chi connectivity index (χ3n) is 4.62. The highest BCUT2D eigenvalue weighted by Crippen LogP contribution is 2.26. The van der Waals surface area contributed by atoms with E-state index in [0.29, 0.717) is 25.9 Å². The molecule has 24 heavy (non-hydrogen) atoms. The van der Waals surface area contributed by atoms with Crippen LogP contribution in [0.25, 0.3) is 0 Å². The maximum Gasteiger partial charge on any atom is 0.254 e. The molecule has 2 fully saturated rings. The highest BCUT2D eigenvalue weighted by atomic mass is 16.5. The number of hydrogen-bond acceptors (Lipinski definition) is 4.